The first kappa shape index (κ1) is 14.9. The molecule has 0 aliphatic carbocycles. The maximum atomic E-state index is 13.3. The molecule has 1 rings (SSSR count). The lowest BCUT2D eigenvalue weighted by molar-refractivity contribution is -0.137. The van der Waals surface area contributed by atoms with Crippen molar-refractivity contribution in [3.63, 3.8) is 0 Å². The Balaban J connectivity index is 2.92. The number of aromatic carboxylic acids is 1. The molecule has 0 amide bonds. The molecule has 0 saturated carbocycles. The van der Waals surface area contributed by atoms with E-state index in [4.69, 9.17) is 5.11 Å². The van der Waals surface area contributed by atoms with Crippen molar-refractivity contribution in [2.75, 3.05) is 17.6 Å². The van der Waals surface area contributed by atoms with E-state index < -0.39 is 39.1 Å². The Bertz CT molecular complexity index is 612. The number of hydrogen-bond acceptors (Lipinski definition) is 5. The van der Waals surface area contributed by atoms with Crippen LogP contribution >= 0.6 is 0 Å². The first-order valence-corrected chi connectivity index (χ1v) is 6.50. The number of rotatable bonds is 5. The number of hydrogen-bond donors (Lipinski definition) is 2. The molecule has 0 aliphatic rings. The lowest BCUT2D eigenvalue weighted by atomic mass is 10.2. The maximum absolute atomic E-state index is 13.3. The van der Waals surface area contributed by atoms with Crippen LogP contribution in [0, 0.1) is 5.82 Å². The molecule has 0 atom stereocenters. The minimum Gasteiger partial charge on any atom is -0.478 e. The van der Waals surface area contributed by atoms with E-state index in [1.54, 1.807) is 0 Å². The van der Waals surface area contributed by atoms with E-state index in [2.05, 4.69) is 4.74 Å². The highest BCUT2D eigenvalue weighted by Crippen LogP contribution is 2.16. The third kappa shape index (κ3) is 4.21. The number of nitrogens with one attached hydrogen (secondary N) is 1. The Kier molecular flexibility index (Phi) is 4.43. The first-order valence-electron chi connectivity index (χ1n) is 4.85. The molecule has 9 heteroatoms. The molecule has 0 aliphatic heterocycles. The molecule has 0 saturated heterocycles. The Morgan fingerprint density at radius 3 is 2.53 bits per heavy atom. The van der Waals surface area contributed by atoms with Gasteiger partial charge in [-0.05, 0) is 18.2 Å². The van der Waals surface area contributed by atoms with Gasteiger partial charge in [-0.3, -0.25) is 9.52 Å². The van der Waals surface area contributed by atoms with Gasteiger partial charge in [0.15, 0.2) is 5.75 Å². The molecule has 0 heterocycles. The van der Waals surface area contributed by atoms with Crippen LogP contribution in [0.15, 0.2) is 18.2 Å². The summed E-state index contributed by atoms with van der Waals surface area (Å²) in [4.78, 5) is 21.4. The van der Waals surface area contributed by atoms with E-state index in [1.165, 1.54) is 0 Å². The van der Waals surface area contributed by atoms with Gasteiger partial charge in [-0.25, -0.2) is 17.6 Å². The van der Waals surface area contributed by atoms with Crippen molar-refractivity contribution in [3.05, 3.63) is 29.6 Å². The third-order valence-corrected chi connectivity index (χ3v) is 3.17. The van der Waals surface area contributed by atoms with Gasteiger partial charge < -0.3 is 9.84 Å². The van der Waals surface area contributed by atoms with Crippen molar-refractivity contribution in [1.29, 1.82) is 0 Å². The molecule has 1 aromatic rings. The lowest BCUT2D eigenvalue weighted by Crippen LogP contribution is -2.23. The first-order chi connectivity index (χ1) is 8.75. The highest BCUT2D eigenvalue weighted by Gasteiger charge is 2.18. The van der Waals surface area contributed by atoms with Gasteiger partial charge in [0.25, 0.3) is 0 Å². The van der Waals surface area contributed by atoms with Crippen molar-refractivity contribution in [1.82, 2.24) is 0 Å². The Morgan fingerprint density at radius 1 is 1.42 bits per heavy atom. The molecule has 0 spiro atoms. The average Bonchev–Trinajstić information content (AvgIpc) is 2.26. The SMILES string of the molecule is COC(=O)CS(=O)(=O)Nc1ccc(C(=O)O)c(F)c1. The molecule has 0 unspecified atom stereocenters. The molecule has 1 aromatic carbocycles. The molecule has 7 nitrogen and oxygen atoms in total. The van der Waals surface area contributed by atoms with Gasteiger partial charge in [-0.2, -0.15) is 0 Å². The number of carbonyl (C=O) groups excluding carboxylic acids is 1. The van der Waals surface area contributed by atoms with Gasteiger partial charge in [-0.15, -0.1) is 0 Å². The van der Waals surface area contributed by atoms with Crippen molar-refractivity contribution in [3.8, 4) is 0 Å². The van der Waals surface area contributed by atoms with Crippen LogP contribution in [-0.2, 0) is 19.6 Å². The number of carboxylic acid groups (broad SMARTS) is 1. The van der Waals surface area contributed by atoms with Crippen LogP contribution in [-0.4, -0.2) is 38.3 Å². The molecule has 0 fully saturated rings. The number of halogens is 1. The predicted octanol–water partition coefficient (Wildman–Crippen LogP) is 0.439. The van der Waals surface area contributed by atoms with E-state index >= 15 is 0 Å². The normalized spacial score (nSPS) is 10.8. The summed E-state index contributed by atoms with van der Waals surface area (Å²) >= 11 is 0. The molecule has 19 heavy (non-hydrogen) atoms. The van der Waals surface area contributed by atoms with Gasteiger partial charge in [0.05, 0.1) is 18.4 Å². The standard InChI is InChI=1S/C10H10FNO6S/c1-18-9(13)5-19(16,17)12-6-2-3-7(10(14)15)8(11)4-6/h2-4,12H,5H2,1H3,(H,14,15). The Hall–Kier alpha value is -2.16. The molecule has 104 valence electrons. The number of methoxy groups -OCH3 is 1. The third-order valence-electron chi connectivity index (χ3n) is 2.01. The van der Waals surface area contributed by atoms with E-state index in [0.29, 0.717) is 6.07 Å². The van der Waals surface area contributed by atoms with Crippen molar-refractivity contribution < 1.29 is 32.2 Å². The smallest absolute Gasteiger partial charge is 0.338 e. The van der Waals surface area contributed by atoms with Gasteiger partial charge in [-0.1, -0.05) is 0 Å². The molecular formula is C10H10FNO6S. The van der Waals surface area contributed by atoms with Crippen molar-refractivity contribution in [2.24, 2.45) is 0 Å². The second kappa shape index (κ2) is 5.65. The molecule has 0 aromatic heterocycles. The number of sulfonamides is 1. The van der Waals surface area contributed by atoms with Crippen LogP contribution in [0.2, 0.25) is 0 Å². The molecule has 2 N–H and O–H groups in total. The fourth-order valence-corrected chi connectivity index (χ4v) is 2.17. The second-order valence-corrected chi connectivity index (χ2v) is 5.16. The molecular weight excluding hydrogens is 281 g/mol. The summed E-state index contributed by atoms with van der Waals surface area (Å²) in [5, 5.41) is 8.60. The zero-order valence-electron chi connectivity index (χ0n) is 9.71. The van der Waals surface area contributed by atoms with Crippen LogP contribution < -0.4 is 4.72 Å². The summed E-state index contributed by atoms with van der Waals surface area (Å²) in [7, 11) is -3.01. The summed E-state index contributed by atoms with van der Waals surface area (Å²) in [5.74, 6) is -4.46. The highest BCUT2D eigenvalue weighted by atomic mass is 32.2. The van der Waals surface area contributed by atoms with Crippen LogP contribution in [0.4, 0.5) is 10.1 Å². The lowest BCUT2D eigenvalue weighted by Gasteiger charge is -2.07. The van der Waals surface area contributed by atoms with Gasteiger partial charge in [0.1, 0.15) is 5.82 Å². The van der Waals surface area contributed by atoms with E-state index in [-0.39, 0.29) is 5.69 Å². The van der Waals surface area contributed by atoms with Gasteiger partial charge in [0.2, 0.25) is 10.0 Å². The minimum absolute atomic E-state index is 0.189. The van der Waals surface area contributed by atoms with E-state index in [9.17, 15) is 22.4 Å². The average molecular weight is 291 g/mol. The predicted molar refractivity (Wildman–Crippen MR) is 62.8 cm³/mol. The number of esters is 1. The second-order valence-electron chi connectivity index (χ2n) is 3.44. The number of anilines is 1. The fraction of sp³-hybridized carbons (Fsp3) is 0.200. The van der Waals surface area contributed by atoms with E-state index in [1.807, 2.05) is 4.72 Å². The Labute approximate surface area is 108 Å². The van der Waals surface area contributed by atoms with Crippen LogP contribution in [0.1, 0.15) is 10.4 Å². The summed E-state index contributed by atoms with van der Waals surface area (Å²) in [6, 6.07) is 2.69. The number of benzene rings is 1. The summed E-state index contributed by atoms with van der Waals surface area (Å²) in [6.45, 7) is 0. The van der Waals surface area contributed by atoms with E-state index in [0.717, 1.165) is 19.2 Å². The van der Waals surface area contributed by atoms with Gasteiger partial charge in [0, 0.05) is 0 Å². The van der Waals surface area contributed by atoms with Crippen LogP contribution in [0.3, 0.4) is 0 Å². The maximum Gasteiger partial charge on any atom is 0.338 e. The highest BCUT2D eigenvalue weighted by molar-refractivity contribution is 7.93. The van der Waals surface area contributed by atoms with Crippen molar-refractivity contribution in [2.45, 2.75) is 0 Å². The summed E-state index contributed by atoms with van der Waals surface area (Å²) in [6.07, 6.45) is 0. The minimum atomic E-state index is -4.03. The quantitative estimate of drug-likeness (QED) is 0.762. The fourth-order valence-electron chi connectivity index (χ4n) is 1.18. The van der Waals surface area contributed by atoms with Crippen molar-refractivity contribution >= 4 is 27.6 Å². The largest absolute Gasteiger partial charge is 0.478 e. The molecule has 0 radical (unpaired) electrons. The van der Waals surface area contributed by atoms with Crippen LogP contribution in [0.25, 0.3) is 0 Å². The summed E-state index contributed by atoms with van der Waals surface area (Å²) in [5.41, 5.74) is -0.776. The topological polar surface area (TPSA) is 110 Å². The molecule has 0 bridgehead atoms. The zero-order chi connectivity index (χ0) is 14.6. The van der Waals surface area contributed by atoms with Crippen LogP contribution in [0.5, 0.6) is 0 Å². The number of carboxylic acids is 1. The summed E-state index contributed by atoms with van der Waals surface area (Å²) < 4.78 is 42.3. The number of carbonyl (C=O) groups is 2. The van der Waals surface area contributed by atoms with Gasteiger partial charge >= 0.3 is 11.9 Å². The monoisotopic (exact) mass is 291 g/mol. The number of ether oxygens (including phenoxy) is 1. The zero-order valence-corrected chi connectivity index (χ0v) is 10.5. The Morgan fingerprint density at radius 2 is 2.05 bits per heavy atom.